The van der Waals surface area contributed by atoms with Gasteiger partial charge in [-0.3, -0.25) is 4.79 Å². The van der Waals surface area contributed by atoms with Gasteiger partial charge in [-0.05, 0) is 53.8 Å². The Morgan fingerprint density at radius 1 is 0.882 bits per heavy atom. The average Bonchev–Trinajstić information content (AvgIpc) is 2.86. The van der Waals surface area contributed by atoms with Crippen LogP contribution in [0.5, 0.6) is 5.75 Å². The minimum Gasteiger partial charge on any atom is -0.489 e. The van der Waals surface area contributed by atoms with Gasteiger partial charge < -0.3 is 14.8 Å². The number of carbonyl (C=O) groups excluding carboxylic acids is 2. The molecule has 0 unspecified atom stereocenters. The van der Waals surface area contributed by atoms with Crippen LogP contribution in [0.3, 0.4) is 0 Å². The lowest BCUT2D eigenvalue weighted by molar-refractivity contribution is -0.142. The van der Waals surface area contributed by atoms with E-state index in [4.69, 9.17) is 21.1 Å². The maximum Gasteiger partial charge on any atom is 0.331 e. The van der Waals surface area contributed by atoms with Crippen LogP contribution in [-0.4, -0.2) is 18.5 Å². The molecule has 0 heterocycles. The van der Waals surface area contributed by atoms with E-state index in [9.17, 15) is 9.59 Å². The molecule has 0 aliphatic rings. The maximum atomic E-state index is 12.3. The van der Waals surface area contributed by atoms with Crippen LogP contribution in [0.1, 0.15) is 36.1 Å². The van der Waals surface area contributed by atoms with E-state index >= 15 is 0 Å². The van der Waals surface area contributed by atoms with Gasteiger partial charge >= 0.3 is 5.97 Å². The fourth-order valence-electron chi connectivity index (χ4n) is 3.38. The molecule has 1 N–H and O–H groups in total. The van der Waals surface area contributed by atoms with Gasteiger partial charge in [0.05, 0.1) is 0 Å². The van der Waals surface area contributed by atoms with Crippen molar-refractivity contribution in [1.82, 2.24) is 0 Å². The van der Waals surface area contributed by atoms with Gasteiger partial charge in [0, 0.05) is 22.3 Å². The first-order valence-electron chi connectivity index (χ1n) is 11.2. The molecule has 0 bridgehead atoms. The smallest absolute Gasteiger partial charge is 0.331 e. The first-order chi connectivity index (χ1) is 16.5. The maximum absolute atomic E-state index is 12.3. The summed E-state index contributed by atoms with van der Waals surface area (Å²) in [7, 11) is 0. The molecule has 1 amide bonds. The summed E-state index contributed by atoms with van der Waals surface area (Å²) in [6.45, 7) is 4.09. The summed E-state index contributed by atoms with van der Waals surface area (Å²) < 4.78 is 10.8. The molecular weight excluding hydrogens is 450 g/mol. The summed E-state index contributed by atoms with van der Waals surface area (Å²) in [5.41, 5.74) is 4.62. The lowest BCUT2D eigenvalue weighted by atomic mass is 10.0. The average molecular weight is 478 g/mol. The van der Waals surface area contributed by atoms with Crippen molar-refractivity contribution in [2.75, 3.05) is 11.9 Å². The molecule has 176 valence electrons. The Morgan fingerprint density at radius 2 is 1.53 bits per heavy atom. The highest BCUT2D eigenvalue weighted by Gasteiger charge is 2.11. The zero-order valence-electron chi connectivity index (χ0n) is 19.3. The van der Waals surface area contributed by atoms with Gasteiger partial charge in [-0.1, -0.05) is 74.0 Å². The van der Waals surface area contributed by atoms with E-state index in [2.05, 4.69) is 5.32 Å². The highest BCUT2D eigenvalue weighted by Crippen LogP contribution is 2.22. The second kappa shape index (κ2) is 12.6. The summed E-state index contributed by atoms with van der Waals surface area (Å²) >= 11 is 6.14. The molecule has 0 saturated carbocycles. The van der Waals surface area contributed by atoms with Crippen LogP contribution >= 0.6 is 11.6 Å². The number of carbonyl (C=O) groups is 2. The molecule has 3 aromatic rings. The Morgan fingerprint density at radius 3 is 2.18 bits per heavy atom. The van der Waals surface area contributed by atoms with E-state index in [-0.39, 0.29) is 12.5 Å². The van der Waals surface area contributed by atoms with E-state index in [1.54, 1.807) is 6.08 Å². The molecular formula is C28H28ClNO4. The molecule has 0 aliphatic carbocycles. The molecule has 3 aromatic carbocycles. The zero-order valence-corrected chi connectivity index (χ0v) is 20.1. The summed E-state index contributed by atoms with van der Waals surface area (Å²) in [4.78, 5) is 24.4. The standard InChI is InChI=1S/C28H28ClNO4/c1-3-21-9-7-10-22(4-2)28(21)30-26(31)19-34-27(32)17-14-20-12-15-24(16-13-20)33-18-23-8-5-6-11-25(23)29/h5-17H,3-4,18-19H2,1-2H3,(H,30,31)/b17-14+. The van der Waals surface area contributed by atoms with Crippen LogP contribution in [0.15, 0.2) is 72.8 Å². The Hall–Kier alpha value is -3.57. The third-order valence-electron chi connectivity index (χ3n) is 5.25. The molecule has 0 aliphatic heterocycles. The van der Waals surface area contributed by atoms with E-state index in [1.165, 1.54) is 6.08 Å². The Kier molecular flexibility index (Phi) is 9.30. The van der Waals surface area contributed by atoms with Crippen molar-refractivity contribution in [3.63, 3.8) is 0 Å². The second-order valence-electron chi connectivity index (χ2n) is 7.60. The highest BCUT2D eigenvalue weighted by molar-refractivity contribution is 6.31. The largest absolute Gasteiger partial charge is 0.489 e. The minimum atomic E-state index is -0.589. The number of aryl methyl sites for hydroxylation is 2. The lowest BCUT2D eigenvalue weighted by Gasteiger charge is -2.14. The van der Waals surface area contributed by atoms with Crippen molar-refractivity contribution in [1.29, 1.82) is 0 Å². The van der Waals surface area contributed by atoms with Gasteiger partial charge in [-0.25, -0.2) is 4.79 Å². The molecule has 6 heteroatoms. The third kappa shape index (κ3) is 7.22. The van der Waals surface area contributed by atoms with Crippen molar-refractivity contribution in [3.05, 3.63) is 100 Å². The summed E-state index contributed by atoms with van der Waals surface area (Å²) in [5.74, 6) is -0.263. The van der Waals surface area contributed by atoms with E-state index in [1.807, 2.05) is 80.6 Å². The normalized spacial score (nSPS) is 10.8. The first-order valence-corrected chi connectivity index (χ1v) is 11.6. The topological polar surface area (TPSA) is 64.6 Å². The number of benzene rings is 3. The van der Waals surface area contributed by atoms with Crippen molar-refractivity contribution in [2.24, 2.45) is 0 Å². The predicted molar refractivity (Wildman–Crippen MR) is 136 cm³/mol. The van der Waals surface area contributed by atoms with Crippen LogP contribution in [-0.2, 0) is 33.8 Å². The quantitative estimate of drug-likeness (QED) is 0.277. The monoisotopic (exact) mass is 477 g/mol. The number of ether oxygens (including phenoxy) is 2. The predicted octanol–water partition coefficient (Wildman–Crippen LogP) is 6.24. The van der Waals surface area contributed by atoms with Gasteiger partial charge in [-0.2, -0.15) is 0 Å². The number of halogens is 1. The first kappa shape index (κ1) is 25.1. The number of amides is 1. The van der Waals surface area contributed by atoms with Crippen molar-refractivity contribution < 1.29 is 19.1 Å². The minimum absolute atomic E-state index is 0.348. The molecule has 0 aromatic heterocycles. The summed E-state index contributed by atoms with van der Waals surface area (Å²) in [6, 6.07) is 20.7. The lowest BCUT2D eigenvalue weighted by Crippen LogP contribution is -2.21. The molecule has 34 heavy (non-hydrogen) atoms. The van der Waals surface area contributed by atoms with Crippen molar-refractivity contribution in [2.45, 2.75) is 33.3 Å². The van der Waals surface area contributed by atoms with Gasteiger partial charge in [0.25, 0.3) is 5.91 Å². The van der Waals surface area contributed by atoms with E-state index in [0.717, 1.165) is 40.8 Å². The van der Waals surface area contributed by atoms with E-state index < -0.39 is 5.97 Å². The number of rotatable bonds is 10. The third-order valence-corrected chi connectivity index (χ3v) is 5.62. The SMILES string of the molecule is CCc1cccc(CC)c1NC(=O)COC(=O)/C=C/c1ccc(OCc2ccccc2Cl)cc1. The summed E-state index contributed by atoms with van der Waals surface area (Å²) in [6.07, 6.45) is 4.52. The number of nitrogens with one attached hydrogen (secondary N) is 1. The molecule has 0 saturated heterocycles. The number of anilines is 1. The van der Waals surface area contributed by atoms with Gasteiger partial charge in [0.2, 0.25) is 0 Å². The Bertz CT molecular complexity index is 1130. The summed E-state index contributed by atoms with van der Waals surface area (Å²) in [5, 5.41) is 3.54. The number of para-hydroxylation sites is 1. The molecule has 0 atom stereocenters. The highest BCUT2D eigenvalue weighted by atomic mass is 35.5. The van der Waals surface area contributed by atoms with Crippen LogP contribution in [0.4, 0.5) is 5.69 Å². The van der Waals surface area contributed by atoms with Crippen LogP contribution in [0.2, 0.25) is 5.02 Å². The van der Waals surface area contributed by atoms with E-state index in [0.29, 0.717) is 17.4 Å². The fourth-order valence-corrected chi connectivity index (χ4v) is 3.57. The second-order valence-corrected chi connectivity index (χ2v) is 8.00. The number of hydrogen-bond donors (Lipinski definition) is 1. The molecule has 5 nitrogen and oxygen atoms in total. The molecule has 0 spiro atoms. The van der Waals surface area contributed by atoms with Crippen LogP contribution < -0.4 is 10.1 Å². The fraction of sp³-hybridized carbons (Fsp3) is 0.214. The van der Waals surface area contributed by atoms with Gasteiger partial charge in [0.1, 0.15) is 12.4 Å². The van der Waals surface area contributed by atoms with Gasteiger partial charge in [-0.15, -0.1) is 0 Å². The molecule has 3 rings (SSSR count). The Balaban J connectivity index is 1.47. The van der Waals surface area contributed by atoms with Crippen molar-refractivity contribution >= 4 is 35.2 Å². The number of esters is 1. The van der Waals surface area contributed by atoms with Crippen molar-refractivity contribution in [3.8, 4) is 5.75 Å². The number of hydrogen-bond acceptors (Lipinski definition) is 4. The zero-order chi connectivity index (χ0) is 24.3. The van der Waals surface area contributed by atoms with Crippen LogP contribution in [0.25, 0.3) is 6.08 Å². The van der Waals surface area contributed by atoms with Crippen LogP contribution in [0, 0.1) is 0 Å². The molecule has 0 fully saturated rings. The van der Waals surface area contributed by atoms with Gasteiger partial charge in [0.15, 0.2) is 6.61 Å². The Labute approximate surface area is 205 Å². The molecule has 0 radical (unpaired) electrons.